The van der Waals surface area contributed by atoms with E-state index in [0.717, 1.165) is 11.3 Å². The fourth-order valence-corrected chi connectivity index (χ4v) is 1.73. The summed E-state index contributed by atoms with van der Waals surface area (Å²) >= 11 is 1.24. The van der Waals surface area contributed by atoms with Gasteiger partial charge in [-0.15, -0.1) is 0 Å². The molecule has 0 atom stereocenters. The number of thioether (sulfide) groups is 1. The lowest BCUT2D eigenvalue weighted by Gasteiger charge is -2.16. The second kappa shape index (κ2) is 5.94. The minimum Gasteiger partial charge on any atom is -0.453 e. The molecule has 0 radical (unpaired) electrons. The minimum atomic E-state index is -0.196. The van der Waals surface area contributed by atoms with Crippen molar-refractivity contribution in [1.82, 2.24) is 0 Å². The van der Waals surface area contributed by atoms with Gasteiger partial charge in [-0.1, -0.05) is 51.1 Å². The molecule has 3 heteroatoms. The Kier molecular flexibility index (Phi) is 4.87. The maximum Gasteiger partial charge on any atom is 0.367 e. The Morgan fingerprint density at radius 3 is 2.44 bits per heavy atom. The van der Waals surface area contributed by atoms with Crippen LogP contribution in [0.3, 0.4) is 0 Å². The molecule has 0 unspecified atom stereocenters. The molecule has 2 nitrogen and oxygen atoms in total. The van der Waals surface area contributed by atoms with Crippen LogP contribution in [-0.2, 0) is 11.3 Å². The Labute approximate surface area is 101 Å². The molecule has 88 valence electrons. The van der Waals surface area contributed by atoms with E-state index < -0.39 is 0 Å². The van der Waals surface area contributed by atoms with Gasteiger partial charge in [-0.25, -0.2) is 4.79 Å². The predicted molar refractivity (Wildman–Crippen MR) is 68.5 cm³/mol. The van der Waals surface area contributed by atoms with Gasteiger partial charge in [-0.05, 0) is 22.7 Å². The molecule has 0 amide bonds. The Morgan fingerprint density at radius 1 is 1.25 bits per heavy atom. The molecule has 0 aliphatic carbocycles. The predicted octanol–water partition coefficient (Wildman–Crippen LogP) is 4.10. The molecule has 0 aliphatic heterocycles. The van der Waals surface area contributed by atoms with Gasteiger partial charge < -0.3 is 4.74 Å². The summed E-state index contributed by atoms with van der Waals surface area (Å²) in [5, 5.41) is -0.196. The zero-order valence-electron chi connectivity index (χ0n) is 10.0. The lowest BCUT2D eigenvalue weighted by Crippen LogP contribution is -2.11. The number of ether oxygens (including phenoxy) is 1. The molecule has 0 N–H and O–H groups in total. The lowest BCUT2D eigenvalue weighted by molar-refractivity contribution is 0.168. The summed E-state index contributed by atoms with van der Waals surface area (Å²) in [6.45, 7) is 6.66. The number of hydrogen-bond donors (Lipinski definition) is 0. The summed E-state index contributed by atoms with van der Waals surface area (Å²) in [4.78, 5) is 11.4. The number of carbonyl (C=O) groups is 1. The van der Waals surface area contributed by atoms with E-state index in [0.29, 0.717) is 6.61 Å². The van der Waals surface area contributed by atoms with E-state index in [1.54, 1.807) is 0 Å². The summed E-state index contributed by atoms with van der Waals surface area (Å²) in [7, 11) is 0. The van der Waals surface area contributed by atoms with Crippen LogP contribution in [0.1, 0.15) is 26.3 Å². The normalized spacial score (nSPS) is 11.2. The van der Waals surface area contributed by atoms with Gasteiger partial charge in [-0.3, -0.25) is 0 Å². The average molecular weight is 238 g/mol. The van der Waals surface area contributed by atoms with E-state index in [2.05, 4.69) is 20.8 Å². The fourth-order valence-electron chi connectivity index (χ4n) is 1.03. The number of rotatable bonds is 3. The van der Waals surface area contributed by atoms with E-state index in [-0.39, 0.29) is 10.7 Å². The molecule has 16 heavy (non-hydrogen) atoms. The van der Waals surface area contributed by atoms with Crippen molar-refractivity contribution in [2.75, 3.05) is 5.75 Å². The molecule has 0 aromatic heterocycles. The van der Waals surface area contributed by atoms with Crippen LogP contribution in [-0.4, -0.2) is 11.1 Å². The maximum absolute atomic E-state index is 11.4. The molecule has 0 saturated heterocycles. The minimum absolute atomic E-state index is 0.149. The average Bonchev–Trinajstić information content (AvgIpc) is 2.24. The van der Waals surface area contributed by atoms with E-state index in [9.17, 15) is 4.79 Å². The molecule has 0 saturated carbocycles. The third-order valence-electron chi connectivity index (χ3n) is 1.82. The van der Waals surface area contributed by atoms with Gasteiger partial charge in [-0.2, -0.15) is 0 Å². The van der Waals surface area contributed by atoms with E-state index in [4.69, 9.17) is 4.74 Å². The molecule has 0 fully saturated rings. The summed E-state index contributed by atoms with van der Waals surface area (Å²) in [5.41, 5.74) is 1.17. The third kappa shape index (κ3) is 5.81. The molecule has 1 aromatic rings. The van der Waals surface area contributed by atoms with Crippen LogP contribution in [0.15, 0.2) is 30.3 Å². The lowest BCUT2D eigenvalue weighted by atomic mass is 10.0. The van der Waals surface area contributed by atoms with Crippen molar-refractivity contribution in [3.8, 4) is 0 Å². The van der Waals surface area contributed by atoms with Gasteiger partial charge in [0, 0.05) is 5.75 Å². The summed E-state index contributed by atoms with van der Waals surface area (Å²) in [6.07, 6.45) is 0. The highest BCUT2D eigenvalue weighted by molar-refractivity contribution is 8.13. The van der Waals surface area contributed by atoms with E-state index in [1.165, 1.54) is 11.8 Å². The zero-order valence-corrected chi connectivity index (χ0v) is 10.8. The molecular weight excluding hydrogens is 220 g/mol. The zero-order chi connectivity index (χ0) is 12.0. The highest BCUT2D eigenvalue weighted by Gasteiger charge is 2.14. The first-order valence-corrected chi connectivity index (χ1v) is 6.29. The molecule has 0 bridgehead atoms. The van der Waals surface area contributed by atoms with Crippen LogP contribution >= 0.6 is 11.8 Å². The fraction of sp³-hybridized carbons (Fsp3) is 0.462. The monoisotopic (exact) mass is 238 g/mol. The van der Waals surface area contributed by atoms with Gasteiger partial charge >= 0.3 is 5.30 Å². The van der Waals surface area contributed by atoms with E-state index in [1.807, 2.05) is 30.3 Å². The first-order chi connectivity index (χ1) is 7.47. The van der Waals surface area contributed by atoms with Crippen LogP contribution in [0.4, 0.5) is 4.79 Å². The maximum atomic E-state index is 11.4. The number of hydrogen-bond acceptors (Lipinski definition) is 3. The van der Waals surface area contributed by atoms with Crippen molar-refractivity contribution < 1.29 is 9.53 Å². The van der Waals surface area contributed by atoms with Gasteiger partial charge in [0.15, 0.2) is 0 Å². The van der Waals surface area contributed by atoms with Crippen LogP contribution < -0.4 is 0 Å². The smallest absolute Gasteiger partial charge is 0.367 e. The van der Waals surface area contributed by atoms with Crippen LogP contribution in [0, 0.1) is 5.41 Å². The number of carbonyl (C=O) groups excluding carboxylic acids is 1. The quantitative estimate of drug-likeness (QED) is 0.741. The van der Waals surface area contributed by atoms with Crippen LogP contribution in [0.25, 0.3) is 0 Å². The highest BCUT2D eigenvalue weighted by Crippen LogP contribution is 2.21. The van der Waals surface area contributed by atoms with Crippen molar-refractivity contribution in [2.45, 2.75) is 27.4 Å². The number of benzene rings is 1. The Hall–Kier alpha value is -0.960. The van der Waals surface area contributed by atoms with Gasteiger partial charge in [0.25, 0.3) is 0 Å². The standard InChI is InChI=1S/C13H18O2S/c1-13(2,3)10-16-12(14)15-9-11-7-5-4-6-8-11/h4-8H,9-10H2,1-3H3. The van der Waals surface area contributed by atoms with Crippen molar-refractivity contribution in [3.05, 3.63) is 35.9 Å². The Balaban J connectivity index is 2.26. The second-order valence-corrected chi connectivity index (χ2v) is 5.78. The SMILES string of the molecule is CC(C)(C)CSC(=O)OCc1ccccc1. The van der Waals surface area contributed by atoms with Crippen LogP contribution in [0.2, 0.25) is 0 Å². The topological polar surface area (TPSA) is 26.3 Å². The van der Waals surface area contributed by atoms with Gasteiger partial charge in [0.2, 0.25) is 0 Å². The van der Waals surface area contributed by atoms with Gasteiger partial charge in [0.05, 0.1) is 0 Å². The molecular formula is C13H18O2S. The first-order valence-electron chi connectivity index (χ1n) is 5.31. The highest BCUT2D eigenvalue weighted by atomic mass is 32.2. The van der Waals surface area contributed by atoms with Crippen molar-refractivity contribution in [1.29, 1.82) is 0 Å². The van der Waals surface area contributed by atoms with Crippen LogP contribution in [0.5, 0.6) is 0 Å². The molecule has 0 spiro atoms. The third-order valence-corrected chi connectivity index (χ3v) is 3.19. The summed E-state index contributed by atoms with van der Waals surface area (Å²) in [6, 6.07) is 9.71. The Bertz CT molecular complexity index is 328. The molecule has 0 aliphatic rings. The summed E-state index contributed by atoms with van der Waals surface area (Å²) in [5.74, 6) is 0.778. The largest absolute Gasteiger partial charge is 0.453 e. The summed E-state index contributed by atoms with van der Waals surface area (Å²) < 4.78 is 5.15. The second-order valence-electron chi connectivity index (χ2n) is 4.87. The molecule has 1 rings (SSSR count). The first kappa shape index (κ1) is 13.1. The van der Waals surface area contributed by atoms with Crippen molar-refractivity contribution >= 4 is 17.1 Å². The molecule has 1 aromatic carbocycles. The van der Waals surface area contributed by atoms with E-state index >= 15 is 0 Å². The van der Waals surface area contributed by atoms with Gasteiger partial charge in [0.1, 0.15) is 6.61 Å². The van der Waals surface area contributed by atoms with Crippen molar-refractivity contribution in [2.24, 2.45) is 5.41 Å². The Morgan fingerprint density at radius 2 is 1.88 bits per heavy atom. The van der Waals surface area contributed by atoms with Crippen molar-refractivity contribution in [3.63, 3.8) is 0 Å². The molecule has 0 heterocycles.